The number of hydrogen-bond acceptors (Lipinski definition) is 4. The Bertz CT molecular complexity index is 806. The Kier molecular flexibility index (Phi) is 5.10. The van der Waals surface area contributed by atoms with Crippen LogP contribution in [0, 0.1) is 0 Å². The zero-order valence-corrected chi connectivity index (χ0v) is 14.5. The molecule has 0 saturated carbocycles. The van der Waals surface area contributed by atoms with Crippen molar-refractivity contribution in [2.24, 2.45) is 0 Å². The Labute approximate surface area is 141 Å². The number of hydrogen-bond donors (Lipinski definition) is 1. The minimum atomic E-state index is -4.02. The first-order chi connectivity index (χ1) is 10.3. The summed E-state index contributed by atoms with van der Waals surface area (Å²) in [6, 6.07) is 10.3. The van der Waals surface area contributed by atoms with Gasteiger partial charge < -0.3 is 9.50 Å². The molecule has 0 atom stereocenters. The second-order valence-corrected chi connectivity index (χ2v) is 7.21. The van der Waals surface area contributed by atoms with Crippen LogP contribution in [0.4, 0.5) is 5.69 Å². The van der Waals surface area contributed by atoms with Crippen molar-refractivity contribution in [2.75, 3.05) is 5.32 Å². The third kappa shape index (κ3) is 4.22. The molecule has 0 aliphatic carbocycles. The van der Waals surface area contributed by atoms with Gasteiger partial charge in [0.2, 0.25) is 5.91 Å². The minimum absolute atomic E-state index is 0.000532. The Morgan fingerprint density at radius 1 is 1.18 bits per heavy atom. The van der Waals surface area contributed by atoms with Gasteiger partial charge in [-0.3, -0.25) is 4.79 Å². The maximum Gasteiger partial charge on any atom is 0.339 e. The van der Waals surface area contributed by atoms with Gasteiger partial charge in [-0.15, -0.1) is 0 Å². The lowest BCUT2D eigenvalue weighted by Crippen LogP contribution is -2.13. The fourth-order valence-corrected chi connectivity index (χ4v) is 3.01. The van der Waals surface area contributed by atoms with Crippen molar-refractivity contribution in [1.82, 2.24) is 0 Å². The highest BCUT2D eigenvalue weighted by atomic mass is 79.9. The maximum absolute atomic E-state index is 12.3. The fourth-order valence-electron chi connectivity index (χ4n) is 1.63. The van der Waals surface area contributed by atoms with Gasteiger partial charge in [-0.25, -0.2) is 0 Å². The van der Waals surface area contributed by atoms with Crippen LogP contribution in [0.1, 0.15) is 6.92 Å². The monoisotopic (exact) mass is 403 g/mol. The molecule has 2 aromatic rings. The quantitative estimate of drug-likeness (QED) is 0.786. The van der Waals surface area contributed by atoms with E-state index in [0.29, 0.717) is 5.02 Å². The molecule has 1 N–H and O–H groups in total. The fraction of sp³-hybridized carbons (Fsp3) is 0.0714. The van der Waals surface area contributed by atoms with Crippen molar-refractivity contribution in [3.05, 3.63) is 52.0 Å². The molecular weight excluding hydrogens is 394 g/mol. The van der Waals surface area contributed by atoms with E-state index in [9.17, 15) is 13.2 Å². The lowest BCUT2D eigenvalue weighted by atomic mass is 10.3. The van der Waals surface area contributed by atoms with Gasteiger partial charge in [0.1, 0.15) is 4.90 Å². The van der Waals surface area contributed by atoms with Crippen molar-refractivity contribution in [1.29, 1.82) is 0 Å². The van der Waals surface area contributed by atoms with E-state index in [-0.39, 0.29) is 22.2 Å². The molecule has 0 radical (unpaired) electrons. The maximum atomic E-state index is 12.3. The Balaban J connectivity index is 2.37. The van der Waals surface area contributed by atoms with Crippen LogP contribution >= 0.6 is 27.5 Å². The van der Waals surface area contributed by atoms with E-state index in [2.05, 4.69) is 21.2 Å². The lowest BCUT2D eigenvalue weighted by molar-refractivity contribution is -0.114. The Hall–Kier alpha value is -1.57. The third-order valence-corrected chi connectivity index (χ3v) is 4.57. The van der Waals surface area contributed by atoms with Crippen LogP contribution in [0.3, 0.4) is 0 Å². The van der Waals surface area contributed by atoms with Crippen LogP contribution in [0.2, 0.25) is 5.02 Å². The van der Waals surface area contributed by atoms with Crippen LogP contribution < -0.4 is 9.50 Å². The minimum Gasteiger partial charge on any atom is -0.377 e. The molecular formula is C14H11BrClNO4S. The molecule has 0 spiro atoms. The van der Waals surface area contributed by atoms with Gasteiger partial charge in [0, 0.05) is 16.4 Å². The molecule has 0 aliphatic rings. The number of rotatable bonds is 4. The average molecular weight is 405 g/mol. The van der Waals surface area contributed by atoms with Gasteiger partial charge >= 0.3 is 10.1 Å². The van der Waals surface area contributed by atoms with Crippen LogP contribution in [0.25, 0.3) is 0 Å². The summed E-state index contributed by atoms with van der Waals surface area (Å²) in [5, 5.41) is 2.82. The van der Waals surface area contributed by atoms with Gasteiger partial charge in [-0.05, 0) is 42.5 Å². The van der Waals surface area contributed by atoms with Gasteiger partial charge in [0.05, 0.1) is 5.69 Å². The zero-order chi connectivity index (χ0) is 16.3. The van der Waals surface area contributed by atoms with Crippen molar-refractivity contribution in [2.45, 2.75) is 11.8 Å². The first-order valence-electron chi connectivity index (χ1n) is 6.05. The summed E-state index contributed by atoms with van der Waals surface area (Å²) in [7, 11) is -4.02. The van der Waals surface area contributed by atoms with E-state index in [1.165, 1.54) is 37.3 Å². The summed E-state index contributed by atoms with van der Waals surface area (Å²) in [5.41, 5.74) is 0.181. The molecule has 0 unspecified atom stereocenters. The van der Waals surface area contributed by atoms with Gasteiger partial charge in [-0.1, -0.05) is 27.5 Å². The summed E-state index contributed by atoms with van der Waals surface area (Å²) < 4.78 is 30.4. The predicted molar refractivity (Wildman–Crippen MR) is 87.7 cm³/mol. The first kappa shape index (κ1) is 16.8. The molecule has 0 bridgehead atoms. The van der Waals surface area contributed by atoms with Crippen LogP contribution in [-0.2, 0) is 14.9 Å². The molecule has 1 amide bonds. The Morgan fingerprint density at radius 2 is 1.82 bits per heavy atom. The van der Waals surface area contributed by atoms with E-state index in [0.717, 1.165) is 4.47 Å². The highest BCUT2D eigenvalue weighted by Gasteiger charge is 2.19. The summed E-state index contributed by atoms with van der Waals surface area (Å²) in [4.78, 5) is 11.2. The van der Waals surface area contributed by atoms with Gasteiger partial charge in [-0.2, -0.15) is 8.42 Å². The van der Waals surface area contributed by atoms with Gasteiger partial charge in [0.25, 0.3) is 0 Å². The van der Waals surface area contributed by atoms with Crippen molar-refractivity contribution < 1.29 is 17.4 Å². The number of halogens is 2. The Morgan fingerprint density at radius 3 is 2.41 bits per heavy atom. The molecule has 0 aliphatic heterocycles. The SMILES string of the molecule is CC(=O)Nc1cc(Cl)ccc1OS(=O)(=O)c1ccc(Br)cc1. The molecule has 0 fully saturated rings. The van der Waals surface area contributed by atoms with Crippen LogP contribution in [0.15, 0.2) is 51.8 Å². The van der Waals surface area contributed by atoms with Crippen molar-refractivity contribution >= 4 is 49.2 Å². The van der Waals surface area contributed by atoms with Crippen molar-refractivity contribution in [3.63, 3.8) is 0 Å². The highest BCUT2D eigenvalue weighted by molar-refractivity contribution is 9.10. The second kappa shape index (κ2) is 6.68. The average Bonchev–Trinajstić information content (AvgIpc) is 2.41. The van der Waals surface area contributed by atoms with Crippen molar-refractivity contribution in [3.8, 4) is 5.75 Å². The number of carbonyl (C=O) groups is 1. The molecule has 2 aromatic carbocycles. The number of amides is 1. The predicted octanol–water partition coefficient (Wildman–Crippen LogP) is 3.83. The number of benzene rings is 2. The summed E-state index contributed by atoms with van der Waals surface area (Å²) in [5.74, 6) is -0.379. The zero-order valence-electron chi connectivity index (χ0n) is 11.3. The number of carbonyl (C=O) groups excluding carboxylic acids is 1. The summed E-state index contributed by atoms with van der Waals surface area (Å²) in [6.45, 7) is 1.30. The molecule has 116 valence electrons. The molecule has 2 rings (SSSR count). The number of anilines is 1. The largest absolute Gasteiger partial charge is 0.377 e. The van der Waals surface area contributed by atoms with Gasteiger partial charge in [0.15, 0.2) is 5.75 Å². The van der Waals surface area contributed by atoms with E-state index >= 15 is 0 Å². The van der Waals surface area contributed by atoms with E-state index in [1.54, 1.807) is 12.1 Å². The van der Waals surface area contributed by atoms with E-state index in [1.807, 2.05) is 0 Å². The molecule has 5 nitrogen and oxygen atoms in total. The molecule has 8 heteroatoms. The smallest absolute Gasteiger partial charge is 0.339 e. The molecule has 0 saturated heterocycles. The van der Waals surface area contributed by atoms with E-state index < -0.39 is 10.1 Å². The highest BCUT2D eigenvalue weighted by Crippen LogP contribution is 2.30. The first-order valence-corrected chi connectivity index (χ1v) is 8.63. The van der Waals surface area contributed by atoms with E-state index in [4.69, 9.17) is 15.8 Å². The summed E-state index contributed by atoms with van der Waals surface area (Å²) in [6.07, 6.45) is 0. The normalized spacial score (nSPS) is 11.0. The number of nitrogens with one attached hydrogen (secondary N) is 1. The summed E-state index contributed by atoms with van der Waals surface area (Å²) >= 11 is 9.07. The lowest BCUT2D eigenvalue weighted by Gasteiger charge is -2.12. The molecule has 22 heavy (non-hydrogen) atoms. The third-order valence-electron chi connectivity index (χ3n) is 2.55. The molecule has 0 heterocycles. The second-order valence-electron chi connectivity index (χ2n) is 4.31. The topological polar surface area (TPSA) is 72.5 Å². The van der Waals surface area contributed by atoms with Crippen LogP contribution in [-0.4, -0.2) is 14.3 Å². The van der Waals surface area contributed by atoms with Crippen LogP contribution in [0.5, 0.6) is 5.75 Å². The molecule has 0 aromatic heterocycles. The standard InChI is InChI=1S/C14H11BrClNO4S/c1-9(18)17-13-8-11(16)4-7-14(13)21-22(19,20)12-5-2-10(15)3-6-12/h2-8H,1H3,(H,17,18).